The molecule has 0 unspecified atom stereocenters. The van der Waals surface area contributed by atoms with Gasteiger partial charge >= 0.3 is 0 Å². The van der Waals surface area contributed by atoms with E-state index in [-0.39, 0.29) is 41.0 Å². The molecule has 1 aromatic heterocycles. The Morgan fingerprint density at radius 1 is 0.933 bits per heavy atom. The monoisotopic (exact) mass is 407 g/mol. The van der Waals surface area contributed by atoms with Crippen molar-refractivity contribution in [3.8, 4) is 0 Å². The van der Waals surface area contributed by atoms with Gasteiger partial charge in [0.25, 0.3) is 17.6 Å². The number of nitrogens with one attached hydrogen (secondary N) is 1. The number of rotatable bonds is 4. The first kappa shape index (κ1) is 19.5. The summed E-state index contributed by atoms with van der Waals surface area (Å²) in [5.41, 5.74) is 0.831. The number of hydrogen-bond donors (Lipinski definition) is 1. The Bertz CT molecular complexity index is 1150. The molecule has 0 spiro atoms. The van der Waals surface area contributed by atoms with Gasteiger partial charge in [0.1, 0.15) is 5.82 Å². The van der Waals surface area contributed by atoms with Gasteiger partial charge in [-0.05, 0) is 24.3 Å². The normalized spacial score (nSPS) is 14.0. The van der Waals surface area contributed by atoms with Gasteiger partial charge in [-0.2, -0.15) is 0 Å². The highest BCUT2D eigenvalue weighted by molar-refractivity contribution is 6.45. The minimum absolute atomic E-state index is 0.0733. The topological polar surface area (TPSA) is 90.6 Å². The first-order chi connectivity index (χ1) is 14.5. The molecule has 1 fully saturated rings. The molecular weight excluding hydrogens is 389 g/mol. The predicted octanol–water partition coefficient (Wildman–Crippen LogP) is 2.29. The minimum atomic E-state index is -0.856. The Morgan fingerprint density at radius 3 is 2.27 bits per heavy atom. The van der Waals surface area contributed by atoms with E-state index < -0.39 is 17.5 Å². The number of H-pyrrole nitrogens is 1. The average molecular weight is 407 g/mol. The summed E-state index contributed by atoms with van der Waals surface area (Å²) in [6, 6.07) is 11.2. The van der Waals surface area contributed by atoms with Crippen LogP contribution in [0.5, 0.6) is 0 Å². The minimum Gasteiger partial charge on any atom is -0.360 e. The van der Waals surface area contributed by atoms with Crippen LogP contribution >= 0.6 is 0 Å². The number of piperazine rings is 1. The highest BCUT2D eigenvalue weighted by Gasteiger charge is 2.30. The lowest BCUT2D eigenvalue weighted by Gasteiger charge is -2.34. The molecule has 7 nitrogen and oxygen atoms in total. The third kappa shape index (κ3) is 3.36. The molecule has 1 N–H and O–H groups in total. The van der Waals surface area contributed by atoms with E-state index in [1.807, 2.05) is 6.07 Å². The molecule has 8 heteroatoms. The van der Waals surface area contributed by atoms with Crippen molar-refractivity contribution < 1.29 is 23.6 Å². The summed E-state index contributed by atoms with van der Waals surface area (Å²) in [5, 5.41) is -0.0733. The molecule has 1 aliphatic rings. The van der Waals surface area contributed by atoms with Gasteiger partial charge in [0, 0.05) is 48.9 Å². The van der Waals surface area contributed by atoms with Crippen molar-refractivity contribution in [2.24, 2.45) is 0 Å². The SMILES string of the molecule is O=Cc1ccc(F)c2c(C(=O)C(=O)N3CCN(C(=O)c4ccccc4)CC3)c[nH]c12. The molecular formula is C22H18FN3O4. The summed E-state index contributed by atoms with van der Waals surface area (Å²) in [5.74, 6) is -2.44. The van der Waals surface area contributed by atoms with Crippen LogP contribution in [0.2, 0.25) is 0 Å². The second-order valence-corrected chi connectivity index (χ2v) is 6.99. The number of benzene rings is 2. The molecule has 30 heavy (non-hydrogen) atoms. The van der Waals surface area contributed by atoms with Crippen molar-refractivity contribution >= 4 is 34.8 Å². The number of Topliss-reactive ketones (excluding diaryl/α,β-unsaturated/α-hetero) is 1. The lowest BCUT2D eigenvalue weighted by atomic mass is 10.0. The molecule has 2 heterocycles. The Balaban J connectivity index is 1.49. The van der Waals surface area contributed by atoms with Crippen molar-refractivity contribution in [2.75, 3.05) is 26.2 Å². The van der Waals surface area contributed by atoms with E-state index in [9.17, 15) is 23.6 Å². The number of nitrogens with zero attached hydrogens (tertiary/aromatic N) is 2. The Labute approximate surface area is 171 Å². The van der Waals surface area contributed by atoms with E-state index in [4.69, 9.17) is 0 Å². The number of hydrogen-bond acceptors (Lipinski definition) is 4. The van der Waals surface area contributed by atoms with Gasteiger partial charge in [0.2, 0.25) is 0 Å². The largest absolute Gasteiger partial charge is 0.360 e. The van der Waals surface area contributed by atoms with Gasteiger partial charge in [-0.15, -0.1) is 0 Å². The Morgan fingerprint density at radius 2 is 1.60 bits per heavy atom. The van der Waals surface area contributed by atoms with Crippen molar-refractivity contribution in [2.45, 2.75) is 0 Å². The molecule has 0 bridgehead atoms. The summed E-state index contributed by atoms with van der Waals surface area (Å²) in [6.45, 7) is 0.996. The molecule has 0 aliphatic carbocycles. The third-order valence-corrected chi connectivity index (χ3v) is 5.26. The van der Waals surface area contributed by atoms with Gasteiger partial charge < -0.3 is 14.8 Å². The lowest BCUT2D eigenvalue weighted by Crippen LogP contribution is -2.52. The molecule has 2 aromatic carbocycles. The number of aromatic amines is 1. The van der Waals surface area contributed by atoms with Gasteiger partial charge in [-0.25, -0.2) is 4.39 Å². The fourth-order valence-electron chi connectivity index (χ4n) is 3.64. The first-order valence-electron chi connectivity index (χ1n) is 9.44. The summed E-state index contributed by atoms with van der Waals surface area (Å²) in [4.78, 5) is 54.8. The molecule has 1 saturated heterocycles. The van der Waals surface area contributed by atoms with Crippen LogP contribution in [0.4, 0.5) is 4.39 Å². The van der Waals surface area contributed by atoms with E-state index in [0.29, 0.717) is 24.9 Å². The zero-order chi connectivity index (χ0) is 21.3. The summed E-state index contributed by atoms with van der Waals surface area (Å²) in [6.07, 6.45) is 1.80. The molecule has 4 rings (SSSR count). The summed E-state index contributed by atoms with van der Waals surface area (Å²) in [7, 11) is 0. The van der Waals surface area contributed by atoms with Gasteiger partial charge in [-0.1, -0.05) is 18.2 Å². The van der Waals surface area contributed by atoms with Gasteiger partial charge in [0.15, 0.2) is 6.29 Å². The van der Waals surface area contributed by atoms with Crippen LogP contribution in [-0.2, 0) is 4.79 Å². The summed E-state index contributed by atoms with van der Waals surface area (Å²) < 4.78 is 14.3. The fraction of sp³-hybridized carbons (Fsp3) is 0.182. The van der Waals surface area contributed by atoms with Crippen LogP contribution < -0.4 is 0 Å². The van der Waals surface area contributed by atoms with E-state index >= 15 is 0 Å². The standard InChI is InChI=1S/C22H18FN3O4/c23-17-7-6-15(13-27)19-18(17)16(12-24-19)20(28)22(30)26-10-8-25(9-11-26)21(29)14-4-2-1-3-5-14/h1-7,12-13,24H,8-11H2. The highest BCUT2D eigenvalue weighted by atomic mass is 19.1. The van der Waals surface area contributed by atoms with Crippen molar-refractivity contribution in [3.05, 3.63) is 71.2 Å². The number of aromatic nitrogens is 1. The van der Waals surface area contributed by atoms with Crippen LogP contribution in [0.15, 0.2) is 48.7 Å². The maximum atomic E-state index is 14.3. The van der Waals surface area contributed by atoms with Gasteiger partial charge in [0.05, 0.1) is 11.1 Å². The molecule has 1 aliphatic heterocycles. The molecule has 3 aromatic rings. The number of amides is 2. The zero-order valence-corrected chi connectivity index (χ0v) is 15.9. The molecule has 0 saturated carbocycles. The van der Waals surface area contributed by atoms with Crippen molar-refractivity contribution in [3.63, 3.8) is 0 Å². The van der Waals surface area contributed by atoms with Crippen LogP contribution in [0.1, 0.15) is 31.1 Å². The van der Waals surface area contributed by atoms with Crippen LogP contribution in [-0.4, -0.2) is 64.8 Å². The van der Waals surface area contributed by atoms with Gasteiger partial charge in [-0.3, -0.25) is 19.2 Å². The second kappa shape index (κ2) is 7.90. The fourth-order valence-corrected chi connectivity index (χ4v) is 3.64. The molecule has 0 atom stereocenters. The Kier molecular flexibility index (Phi) is 5.14. The lowest BCUT2D eigenvalue weighted by molar-refractivity contribution is -0.127. The molecule has 0 radical (unpaired) electrons. The number of aldehydes is 1. The van der Waals surface area contributed by atoms with Crippen LogP contribution in [0, 0.1) is 5.82 Å². The van der Waals surface area contributed by atoms with E-state index in [1.54, 1.807) is 29.2 Å². The number of ketones is 1. The first-order valence-corrected chi connectivity index (χ1v) is 9.44. The average Bonchev–Trinajstić information content (AvgIpc) is 3.25. The number of carbonyl (C=O) groups is 4. The maximum absolute atomic E-state index is 14.3. The van der Waals surface area contributed by atoms with Crippen LogP contribution in [0.25, 0.3) is 10.9 Å². The zero-order valence-electron chi connectivity index (χ0n) is 15.9. The predicted molar refractivity (Wildman–Crippen MR) is 107 cm³/mol. The third-order valence-electron chi connectivity index (χ3n) is 5.26. The van der Waals surface area contributed by atoms with E-state index in [1.165, 1.54) is 17.2 Å². The van der Waals surface area contributed by atoms with Crippen LogP contribution in [0.3, 0.4) is 0 Å². The summed E-state index contributed by atoms with van der Waals surface area (Å²) >= 11 is 0. The number of fused-ring (bicyclic) bond motifs is 1. The molecule has 152 valence electrons. The van der Waals surface area contributed by atoms with E-state index in [2.05, 4.69) is 4.98 Å². The quantitative estimate of drug-likeness (QED) is 0.408. The number of carbonyl (C=O) groups excluding carboxylic acids is 4. The van der Waals surface area contributed by atoms with Crippen molar-refractivity contribution in [1.29, 1.82) is 0 Å². The second-order valence-electron chi connectivity index (χ2n) is 6.99. The maximum Gasteiger partial charge on any atom is 0.295 e. The van der Waals surface area contributed by atoms with E-state index in [0.717, 1.165) is 6.07 Å². The molecule has 2 amide bonds. The Hall–Kier alpha value is -3.81. The number of halogens is 1. The highest BCUT2D eigenvalue weighted by Crippen LogP contribution is 2.25. The van der Waals surface area contributed by atoms with Crippen molar-refractivity contribution in [1.82, 2.24) is 14.8 Å². The smallest absolute Gasteiger partial charge is 0.295 e.